The number of hydrogen-bond acceptors (Lipinski definition) is 2. The molecule has 2 aromatic carbocycles. The van der Waals surface area contributed by atoms with Crippen molar-refractivity contribution in [2.24, 2.45) is 0 Å². The summed E-state index contributed by atoms with van der Waals surface area (Å²) in [5.74, 6) is 0.0631. The summed E-state index contributed by atoms with van der Waals surface area (Å²) >= 11 is 5.26. The van der Waals surface area contributed by atoms with Gasteiger partial charge in [-0.1, -0.05) is 30.3 Å². The predicted octanol–water partition coefficient (Wildman–Crippen LogP) is 3.81. The Balaban J connectivity index is 1.70. The normalized spacial score (nSPS) is 10.0. The number of benzene rings is 2. The molecular formula is C18H20N2OS. The number of Topliss-reactive ketones (excluding diaryl/α,β-unsaturated/α-hetero) is 1. The number of hydrogen-bond donors (Lipinski definition) is 2. The lowest BCUT2D eigenvalue weighted by molar-refractivity contribution is 0.101. The molecule has 0 atom stereocenters. The van der Waals surface area contributed by atoms with Crippen LogP contribution in [0.1, 0.15) is 29.3 Å². The number of carbonyl (C=O) groups is 1. The molecule has 4 heteroatoms. The average molecular weight is 312 g/mol. The molecule has 22 heavy (non-hydrogen) atoms. The fourth-order valence-corrected chi connectivity index (χ4v) is 2.32. The second kappa shape index (κ2) is 8.29. The summed E-state index contributed by atoms with van der Waals surface area (Å²) in [5, 5.41) is 6.91. The van der Waals surface area contributed by atoms with E-state index in [0.29, 0.717) is 10.7 Å². The Bertz CT molecular complexity index is 623. The van der Waals surface area contributed by atoms with Crippen molar-refractivity contribution in [1.29, 1.82) is 0 Å². The summed E-state index contributed by atoms with van der Waals surface area (Å²) in [6.07, 6.45) is 2.05. The minimum atomic E-state index is 0.0631. The third-order valence-corrected chi connectivity index (χ3v) is 3.57. The van der Waals surface area contributed by atoms with Gasteiger partial charge in [-0.15, -0.1) is 0 Å². The minimum absolute atomic E-state index is 0.0631. The Labute approximate surface area is 136 Å². The first-order valence-corrected chi connectivity index (χ1v) is 7.76. The number of thiocarbonyl (C=S) groups is 1. The van der Waals surface area contributed by atoms with E-state index in [1.165, 1.54) is 5.56 Å². The van der Waals surface area contributed by atoms with Crippen LogP contribution in [0.3, 0.4) is 0 Å². The van der Waals surface area contributed by atoms with Gasteiger partial charge in [0.2, 0.25) is 0 Å². The molecule has 0 fully saturated rings. The maximum Gasteiger partial charge on any atom is 0.170 e. The standard InChI is InChI=1S/C18H20N2OS/c1-14(21)16-9-11-17(12-10-16)20-18(22)19-13-5-8-15-6-3-2-4-7-15/h2-4,6-7,9-12H,5,8,13H2,1H3,(H2,19,20,22). The lowest BCUT2D eigenvalue weighted by atomic mass is 10.1. The van der Waals surface area contributed by atoms with E-state index in [2.05, 4.69) is 34.9 Å². The Kier molecular flexibility index (Phi) is 6.10. The molecule has 0 spiro atoms. The topological polar surface area (TPSA) is 41.1 Å². The number of rotatable bonds is 6. The van der Waals surface area contributed by atoms with Gasteiger partial charge >= 0.3 is 0 Å². The number of anilines is 1. The molecule has 114 valence electrons. The van der Waals surface area contributed by atoms with Gasteiger partial charge in [0.05, 0.1) is 0 Å². The Morgan fingerprint density at radius 1 is 1.05 bits per heavy atom. The first kappa shape index (κ1) is 16.2. The number of aryl methyl sites for hydroxylation is 1. The van der Waals surface area contributed by atoms with Crippen LogP contribution < -0.4 is 10.6 Å². The Morgan fingerprint density at radius 2 is 1.73 bits per heavy atom. The molecule has 0 aliphatic heterocycles. The number of carbonyl (C=O) groups excluding carboxylic acids is 1. The van der Waals surface area contributed by atoms with Crippen molar-refractivity contribution in [3.8, 4) is 0 Å². The van der Waals surface area contributed by atoms with Crippen LogP contribution in [0.25, 0.3) is 0 Å². The molecule has 0 aliphatic rings. The minimum Gasteiger partial charge on any atom is -0.362 e. The van der Waals surface area contributed by atoms with E-state index in [0.717, 1.165) is 25.1 Å². The zero-order chi connectivity index (χ0) is 15.8. The van der Waals surface area contributed by atoms with Crippen LogP contribution in [0.2, 0.25) is 0 Å². The van der Waals surface area contributed by atoms with Crippen molar-refractivity contribution in [2.45, 2.75) is 19.8 Å². The molecule has 0 amide bonds. The molecule has 0 saturated carbocycles. The molecule has 0 bridgehead atoms. The van der Waals surface area contributed by atoms with E-state index in [9.17, 15) is 4.79 Å². The maximum atomic E-state index is 11.2. The molecule has 0 aromatic heterocycles. The number of nitrogens with one attached hydrogen (secondary N) is 2. The first-order chi connectivity index (χ1) is 10.6. The zero-order valence-corrected chi connectivity index (χ0v) is 13.5. The van der Waals surface area contributed by atoms with Crippen LogP contribution in [0.4, 0.5) is 5.69 Å². The summed E-state index contributed by atoms with van der Waals surface area (Å²) in [6.45, 7) is 2.38. The van der Waals surface area contributed by atoms with Crippen LogP contribution in [-0.4, -0.2) is 17.4 Å². The molecule has 2 rings (SSSR count). The van der Waals surface area contributed by atoms with Gasteiger partial charge < -0.3 is 10.6 Å². The highest BCUT2D eigenvalue weighted by Gasteiger charge is 2.00. The summed E-state index contributed by atoms with van der Waals surface area (Å²) in [6, 6.07) is 17.7. The Hall–Kier alpha value is -2.20. The van der Waals surface area contributed by atoms with Gasteiger partial charge in [-0.2, -0.15) is 0 Å². The molecule has 0 aliphatic carbocycles. The first-order valence-electron chi connectivity index (χ1n) is 7.35. The molecule has 0 unspecified atom stereocenters. The lowest BCUT2D eigenvalue weighted by Crippen LogP contribution is -2.29. The number of ketones is 1. The van der Waals surface area contributed by atoms with Gasteiger partial charge in [-0.3, -0.25) is 4.79 Å². The largest absolute Gasteiger partial charge is 0.362 e. The van der Waals surface area contributed by atoms with Crippen molar-refractivity contribution in [3.63, 3.8) is 0 Å². The van der Waals surface area contributed by atoms with Gasteiger partial charge in [0, 0.05) is 17.8 Å². The van der Waals surface area contributed by atoms with Crippen LogP contribution in [0.5, 0.6) is 0 Å². The van der Waals surface area contributed by atoms with Gasteiger partial charge in [-0.05, 0) is 61.8 Å². The third-order valence-electron chi connectivity index (χ3n) is 3.32. The van der Waals surface area contributed by atoms with Crippen molar-refractivity contribution in [3.05, 3.63) is 65.7 Å². The third kappa shape index (κ3) is 5.30. The SMILES string of the molecule is CC(=O)c1ccc(NC(=S)NCCCc2ccccc2)cc1. The van der Waals surface area contributed by atoms with E-state index in [1.54, 1.807) is 19.1 Å². The zero-order valence-electron chi connectivity index (χ0n) is 12.6. The maximum absolute atomic E-state index is 11.2. The smallest absolute Gasteiger partial charge is 0.170 e. The second-order valence-corrected chi connectivity index (χ2v) is 5.51. The van der Waals surface area contributed by atoms with Crippen molar-refractivity contribution < 1.29 is 4.79 Å². The predicted molar refractivity (Wildman–Crippen MR) is 95.4 cm³/mol. The van der Waals surface area contributed by atoms with E-state index < -0.39 is 0 Å². The van der Waals surface area contributed by atoms with Gasteiger partial charge in [0.15, 0.2) is 10.9 Å². The van der Waals surface area contributed by atoms with Crippen LogP contribution in [0.15, 0.2) is 54.6 Å². The Morgan fingerprint density at radius 3 is 2.36 bits per heavy atom. The van der Waals surface area contributed by atoms with E-state index in [1.807, 2.05) is 18.2 Å². The fourth-order valence-electron chi connectivity index (χ4n) is 2.10. The highest BCUT2D eigenvalue weighted by molar-refractivity contribution is 7.80. The molecular weight excluding hydrogens is 292 g/mol. The highest BCUT2D eigenvalue weighted by atomic mass is 32.1. The summed E-state index contributed by atoms with van der Waals surface area (Å²) < 4.78 is 0. The summed E-state index contributed by atoms with van der Waals surface area (Å²) in [4.78, 5) is 11.2. The second-order valence-electron chi connectivity index (χ2n) is 5.10. The van der Waals surface area contributed by atoms with Gasteiger partial charge in [-0.25, -0.2) is 0 Å². The molecule has 0 radical (unpaired) electrons. The summed E-state index contributed by atoms with van der Waals surface area (Å²) in [5.41, 5.74) is 2.92. The molecule has 2 aromatic rings. The lowest BCUT2D eigenvalue weighted by Gasteiger charge is -2.10. The van der Waals surface area contributed by atoms with Crippen LogP contribution >= 0.6 is 12.2 Å². The summed E-state index contributed by atoms with van der Waals surface area (Å²) in [7, 11) is 0. The monoisotopic (exact) mass is 312 g/mol. The molecule has 0 saturated heterocycles. The highest BCUT2D eigenvalue weighted by Crippen LogP contribution is 2.10. The van der Waals surface area contributed by atoms with Crippen molar-refractivity contribution in [2.75, 3.05) is 11.9 Å². The molecule has 2 N–H and O–H groups in total. The van der Waals surface area contributed by atoms with Crippen LogP contribution in [-0.2, 0) is 6.42 Å². The fraction of sp³-hybridized carbons (Fsp3) is 0.222. The van der Waals surface area contributed by atoms with Gasteiger partial charge in [0.1, 0.15) is 0 Å². The van der Waals surface area contributed by atoms with Crippen LogP contribution in [0, 0.1) is 0 Å². The van der Waals surface area contributed by atoms with Crippen molar-refractivity contribution in [1.82, 2.24) is 5.32 Å². The molecule has 3 nitrogen and oxygen atoms in total. The van der Waals surface area contributed by atoms with Gasteiger partial charge in [0.25, 0.3) is 0 Å². The quantitative estimate of drug-likeness (QED) is 0.483. The van der Waals surface area contributed by atoms with E-state index >= 15 is 0 Å². The van der Waals surface area contributed by atoms with Crippen molar-refractivity contribution >= 4 is 28.8 Å². The van der Waals surface area contributed by atoms with E-state index in [-0.39, 0.29) is 5.78 Å². The average Bonchev–Trinajstić information content (AvgIpc) is 2.53. The van der Waals surface area contributed by atoms with E-state index in [4.69, 9.17) is 12.2 Å². The molecule has 0 heterocycles.